The number of rotatable bonds is 8. The third-order valence-electron chi connectivity index (χ3n) is 5.40. The lowest BCUT2D eigenvalue weighted by Crippen LogP contribution is -2.41. The second-order valence-corrected chi connectivity index (χ2v) is 7.94. The first-order chi connectivity index (χ1) is 14.9. The highest BCUT2D eigenvalue weighted by molar-refractivity contribution is 5.74. The van der Waals surface area contributed by atoms with E-state index in [1.54, 1.807) is 26.2 Å². The van der Waals surface area contributed by atoms with Crippen molar-refractivity contribution in [2.75, 3.05) is 41.0 Å². The van der Waals surface area contributed by atoms with Gasteiger partial charge in [-0.25, -0.2) is 4.79 Å². The number of urea groups is 1. The maximum Gasteiger partial charge on any atom is 0.317 e. The molecule has 0 radical (unpaired) electrons. The molecule has 1 aliphatic rings. The van der Waals surface area contributed by atoms with Crippen LogP contribution in [0.3, 0.4) is 0 Å². The molecule has 1 heterocycles. The number of nitrogens with one attached hydrogen (secondary N) is 1. The standard InChI is InChI=1S/C24H32N2O5/c1-16(2)23(18-7-9-20-22(15-18)31-13-12-30-20)25-24(27)26(3)11-10-17-6-8-19(28-4)21(14-17)29-5/h6-9,14-16,23H,10-13H2,1-5H3,(H,25,27)/t23-/m1/s1. The van der Waals surface area contributed by atoms with E-state index in [1.807, 2.05) is 36.4 Å². The summed E-state index contributed by atoms with van der Waals surface area (Å²) in [6.07, 6.45) is 0.709. The fraction of sp³-hybridized carbons (Fsp3) is 0.458. The molecule has 0 unspecified atom stereocenters. The number of hydrogen-bond acceptors (Lipinski definition) is 5. The van der Waals surface area contributed by atoms with Crippen molar-refractivity contribution in [3.8, 4) is 23.0 Å². The summed E-state index contributed by atoms with van der Waals surface area (Å²) in [4.78, 5) is 14.6. The van der Waals surface area contributed by atoms with Crippen molar-refractivity contribution >= 4 is 6.03 Å². The van der Waals surface area contributed by atoms with E-state index < -0.39 is 0 Å². The normalized spacial score (nSPS) is 13.5. The van der Waals surface area contributed by atoms with Crippen LogP contribution in [0.4, 0.5) is 4.79 Å². The van der Waals surface area contributed by atoms with Crippen molar-refractivity contribution in [1.82, 2.24) is 10.2 Å². The lowest BCUT2D eigenvalue weighted by molar-refractivity contribution is 0.171. The highest BCUT2D eigenvalue weighted by atomic mass is 16.6. The summed E-state index contributed by atoms with van der Waals surface area (Å²) in [5.41, 5.74) is 2.07. The molecule has 1 N–H and O–H groups in total. The van der Waals surface area contributed by atoms with Crippen molar-refractivity contribution in [3.05, 3.63) is 47.5 Å². The molecule has 1 aliphatic heterocycles. The van der Waals surface area contributed by atoms with Crippen molar-refractivity contribution in [2.45, 2.75) is 26.3 Å². The van der Waals surface area contributed by atoms with Gasteiger partial charge in [0.25, 0.3) is 0 Å². The van der Waals surface area contributed by atoms with E-state index in [2.05, 4.69) is 19.2 Å². The molecule has 0 aromatic heterocycles. The number of carbonyl (C=O) groups excluding carboxylic acids is 1. The van der Waals surface area contributed by atoms with Crippen molar-refractivity contribution in [2.24, 2.45) is 5.92 Å². The topological polar surface area (TPSA) is 69.3 Å². The van der Waals surface area contributed by atoms with Crippen molar-refractivity contribution in [1.29, 1.82) is 0 Å². The molecule has 7 nitrogen and oxygen atoms in total. The molecule has 31 heavy (non-hydrogen) atoms. The second kappa shape index (κ2) is 10.3. The van der Waals surface area contributed by atoms with Crippen LogP contribution in [0.2, 0.25) is 0 Å². The van der Waals surface area contributed by atoms with Gasteiger partial charge < -0.3 is 29.2 Å². The number of fused-ring (bicyclic) bond motifs is 1. The van der Waals surface area contributed by atoms with Gasteiger partial charge in [-0.1, -0.05) is 26.0 Å². The third kappa shape index (κ3) is 5.54. The SMILES string of the molecule is COc1ccc(CCN(C)C(=O)N[C@@H](c2ccc3c(c2)OCCO3)C(C)C)cc1OC. The predicted octanol–water partition coefficient (Wildman–Crippen LogP) is 4.06. The van der Waals surface area contributed by atoms with E-state index in [0.717, 1.165) is 22.6 Å². The smallest absolute Gasteiger partial charge is 0.317 e. The Morgan fingerprint density at radius 2 is 1.74 bits per heavy atom. The Morgan fingerprint density at radius 1 is 1.03 bits per heavy atom. The first-order valence-electron chi connectivity index (χ1n) is 10.5. The summed E-state index contributed by atoms with van der Waals surface area (Å²) in [5, 5.41) is 3.16. The zero-order valence-electron chi connectivity index (χ0n) is 18.9. The van der Waals surface area contributed by atoms with Crippen LogP contribution < -0.4 is 24.3 Å². The van der Waals surface area contributed by atoms with Gasteiger partial charge >= 0.3 is 6.03 Å². The van der Waals surface area contributed by atoms with Gasteiger partial charge in [-0.15, -0.1) is 0 Å². The summed E-state index contributed by atoms with van der Waals surface area (Å²) < 4.78 is 22.0. The van der Waals surface area contributed by atoms with E-state index in [-0.39, 0.29) is 18.0 Å². The number of ether oxygens (including phenoxy) is 4. The third-order valence-corrected chi connectivity index (χ3v) is 5.40. The quantitative estimate of drug-likeness (QED) is 0.687. The molecule has 1 atom stereocenters. The van der Waals surface area contributed by atoms with Gasteiger partial charge in [0.1, 0.15) is 13.2 Å². The Balaban J connectivity index is 1.63. The number of nitrogens with zero attached hydrogens (tertiary/aromatic N) is 1. The average molecular weight is 429 g/mol. The summed E-state index contributed by atoms with van der Waals surface area (Å²) in [6.45, 7) is 5.85. The Bertz CT molecular complexity index is 900. The summed E-state index contributed by atoms with van der Waals surface area (Å²) in [6, 6.07) is 11.4. The molecule has 0 aliphatic carbocycles. The van der Waals surface area contributed by atoms with E-state index in [1.165, 1.54) is 0 Å². The minimum atomic E-state index is -0.133. The second-order valence-electron chi connectivity index (χ2n) is 7.94. The number of carbonyl (C=O) groups is 1. The van der Waals surface area contributed by atoms with Gasteiger partial charge in [0.2, 0.25) is 0 Å². The molecule has 2 amide bonds. The van der Waals surface area contributed by atoms with E-state index >= 15 is 0 Å². The van der Waals surface area contributed by atoms with Crippen LogP contribution >= 0.6 is 0 Å². The summed E-state index contributed by atoms with van der Waals surface area (Å²) in [7, 11) is 5.03. The number of methoxy groups -OCH3 is 2. The van der Waals surface area contributed by atoms with Gasteiger partial charge in [0.15, 0.2) is 23.0 Å². The molecule has 0 saturated heterocycles. The maximum atomic E-state index is 12.9. The largest absolute Gasteiger partial charge is 0.493 e. The first-order valence-corrected chi connectivity index (χ1v) is 10.5. The Morgan fingerprint density at radius 3 is 2.42 bits per heavy atom. The minimum Gasteiger partial charge on any atom is -0.493 e. The zero-order valence-corrected chi connectivity index (χ0v) is 18.9. The van der Waals surface area contributed by atoms with Gasteiger partial charge in [0.05, 0.1) is 20.3 Å². The number of benzene rings is 2. The molecule has 7 heteroatoms. The summed E-state index contributed by atoms with van der Waals surface area (Å²) in [5.74, 6) is 3.06. The van der Waals surface area contributed by atoms with Gasteiger partial charge in [-0.2, -0.15) is 0 Å². The van der Waals surface area contributed by atoms with Crippen LogP contribution in [0, 0.1) is 5.92 Å². The zero-order chi connectivity index (χ0) is 22.4. The highest BCUT2D eigenvalue weighted by Gasteiger charge is 2.23. The lowest BCUT2D eigenvalue weighted by Gasteiger charge is -2.28. The van der Waals surface area contributed by atoms with Gasteiger partial charge in [-0.05, 0) is 47.7 Å². The predicted molar refractivity (Wildman–Crippen MR) is 119 cm³/mol. The molecule has 0 spiro atoms. The summed E-state index contributed by atoms with van der Waals surface area (Å²) >= 11 is 0. The van der Waals surface area contributed by atoms with Gasteiger partial charge in [0, 0.05) is 13.6 Å². The fourth-order valence-electron chi connectivity index (χ4n) is 3.57. The first kappa shape index (κ1) is 22.6. The van der Waals surface area contributed by atoms with Crippen LogP contribution in [0.5, 0.6) is 23.0 Å². The fourth-order valence-corrected chi connectivity index (χ4v) is 3.57. The molecule has 2 aromatic rings. The van der Waals surface area contributed by atoms with Crippen LogP contribution in [-0.2, 0) is 6.42 Å². The molecular weight excluding hydrogens is 396 g/mol. The van der Waals surface area contributed by atoms with E-state index in [4.69, 9.17) is 18.9 Å². The minimum absolute atomic E-state index is 0.117. The Hall–Kier alpha value is -3.09. The monoisotopic (exact) mass is 428 g/mol. The van der Waals surface area contributed by atoms with Crippen LogP contribution in [0.15, 0.2) is 36.4 Å². The molecule has 168 valence electrons. The van der Waals surface area contributed by atoms with Crippen LogP contribution in [0.1, 0.15) is 31.0 Å². The van der Waals surface area contributed by atoms with Crippen molar-refractivity contribution in [3.63, 3.8) is 0 Å². The van der Waals surface area contributed by atoms with Gasteiger partial charge in [-0.3, -0.25) is 0 Å². The molecule has 3 rings (SSSR count). The molecule has 0 saturated carbocycles. The lowest BCUT2D eigenvalue weighted by atomic mass is 9.95. The van der Waals surface area contributed by atoms with Crippen LogP contribution in [0.25, 0.3) is 0 Å². The maximum absolute atomic E-state index is 12.9. The Labute approximate surface area is 184 Å². The number of hydrogen-bond donors (Lipinski definition) is 1. The highest BCUT2D eigenvalue weighted by Crippen LogP contribution is 2.34. The average Bonchev–Trinajstić information content (AvgIpc) is 2.79. The van der Waals surface area contributed by atoms with E-state index in [9.17, 15) is 4.79 Å². The molecule has 0 fully saturated rings. The molecule has 2 aromatic carbocycles. The Kier molecular flexibility index (Phi) is 7.50. The van der Waals surface area contributed by atoms with Crippen molar-refractivity contribution < 1.29 is 23.7 Å². The molecular formula is C24H32N2O5. The molecule has 0 bridgehead atoms. The number of amides is 2. The van der Waals surface area contributed by atoms with E-state index in [0.29, 0.717) is 37.7 Å². The van der Waals surface area contributed by atoms with Crippen LogP contribution in [-0.4, -0.2) is 52.0 Å². The number of likely N-dealkylation sites (N-methyl/N-ethyl adjacent to an activating group) is 1.